The van der Waals surface area contributed by atoms with Gasteiger partial charge in [0.05, 0.1) is 32.1 Å². The molecule has 0 saturated heterocycles. The Morgan fingerprint density at radius 1 is 1.03 bits per heavy atom. The fourth-order valence-corrected chi connectivity index (χ4v) is 3.25. The molecule has 0 spiro atoms. The highest BCUT2D eigenvalue weighted by Crippen LogP contribution is 2.29. The van der Waals surface area contributed by atoms with Gasteiger partial charge in [0.15, 0.2) is 17.5 Å². The summed E-state index contributed by atoms with van der Waals surface area (Å²) in [5.74, 6) is 2.03. The van der Waals surface area contributed by atoms with Gasteiger partial charge in [-0.05, 0) is 50.6 Å². The third-order valence-electron chi connectivity index (χ3n) is 4.63. The molecular weight excluding hydrogens is 378 g/mol. The topological polar surface area (TPSA) is 72.7 Å². The fourth-order valence-electron chi connectivity index (χ4n) is 3.25. The SMILES string of the molecule is CCNC(=NCc1ccccc1-n1nc(C)cc1C)Nc1ccc(OC)c(OC)c1. The van der Waals surface area contributed by atoms with Gasteiger partial charge in [0.1, 0.15) is 0 Å². The van der Waals surface area contributed by atoms with Gasteiger partial charge in [-0.25, -0.2) is 9.67 Å². The second-order valence-electron chi connectivity index (χ2n) is 6.86. The Morgan fingerprint density at radius 2 is 1.80 bits per heavy atom. The number of hydrogen-bond acceptors (Lipinski definition) is 4. The predicted molar refractivity (Wildman–Crippen MR) is 121 cm³/mol. The number of nitrogens with zero attached hydrogens (tertiary/aromatic N) is 3. The molecule has 0 radical (unpaired) electrons. The molecule has 0 aliphatic heterocycles. The van der Waals surface area contributed by atoms with Gasteiger partial charge in [0, 0.05) is 24.0 Å². The maximum Gasteiger partial charge on any atom is 0.196 e. The van der Waals surface area contributed by atoms with Gasteiger partial charge in [-0.3, -0.25) is 0 Å². The van der Waals surface area contributed by atoms with Gasteiger partial charge in [-0.2, -0.15) is 5.10 Å². The van der Waals surface area contributed by atoms with E-state index >= 15 is 0 Å². The number of guanidine groups is 1. The minimum atomic E-state index is 0.511. The van der Waals surface area contributed by atoms with Crippen molar-refractivity contribution in [2.24, 2.45) is 4.99 Å². The number of anilines is 1. The van der Waals surface area contributed by atoms with E-state index in [9.17, 15) is 0 Å². The zero-order chi connectivity index (χ0) is 21.5. The Morgan fingerprint density at radius 3 is 2.47 bits per heavy atom. The standard InChI is InChI=1S/C23H29N5O2/c1-6-24-23(26-19-11-12-21(29-4)22(14-19)30-5)25-15-18-9-7-8-10-20(18)28-17(3)13-16(2)27-28/h7-14H,6,15H2,1-5H3,(H2,24,25,26). The number of hydrogen-bond donors (Lipinski definition) is 2. The first-order chi connectivity index (χ1) is 14.5. The van der Waals surface area contributed by atoms with Crippen LogP contribution in [0.5, 0.6) is 11.5 Å². The van der Waals surface area contributed by atoms with Crippen molar-refractivity contribution in [3.05, 3.63) is 65.5 Å². The number of nitrogens with one attached hydrogen (secondary N) is 2. The zero-order valence-corrected chi connectivity index (χ0v) is 18.2. The molecule has 7 heteroatoms. The molecule has 0 aliphatic rings. The molecule has 3 aromatic rings. The molecule has 0 unspecified atom stereocenters. The van der Waals surface area contributed by atoms with Crippen LogP contribution in [0.3, 0.4) is 0 Å². The number of aromatic nitrogens is 2. The van der Waals surface area contributed by atoms with Crippen molar-refractivity contribution >= 4 is 11.6 Å². The average molecular weight is 408 g/mol. The molecule has 1 heterocycles. The van der Waals surface area contributed by atoms with Gasteiger partial charge >= 0.3 is 0 Å². The van der Waals surface area contributed by atoms with Crippen LogP contribution < -0.4 is 20.1 Å². The number of para-hydroxylation sites is 1. The van der Waals surface area contributed by atoms with Crippen LogP contribution in [0.25, 0.3) is 5.69 Å². The van der Waals surface area contributed by atoms with Crippen LogP contribution in [-0.4, -0.2) is 36.5 Å². The molecule has 30 heavy (non-hydrogen) atoms. The normalized spacial score (nSPS) is 11.3. The lowest BCUT2D eigenvalue weighted by atomic mass is 10.2. The summed E-state index contributed by atoms with van der Waals surface area (Å²) in [6.45, 7) is 7.36. The van der Waals surface area contributed by atoms with E-state index in [0.717, 1.165) is 34.9 Å². The van der Waals surface area contributed by atoms with Crippen molar-refractivity contribution in [3.8, 4) is 17.2 Å². The van der Waals surface area contributed by atoms with E-state index in [-0.39, 0.29) is 0 Å². The highest BCUT2D eigenvalue weighted by atomic mass is 16.5. The summed E-state index contributed by atoms with van der Waals surface area (Å²) in [5, 5.41) is 11.2. The predicted octanol–water partition coefficient (Wildman–Crippen LogP) is 4.08. The quantitative estimate of drug-likeness (QED) is 0.456. The van der Waals surface area contributed by atoms with E-state index in [0.29, 0.717) is 24.0 Å². The second kappa shape index (κ2) is 9.82. The van der Waals surface area contributed by atoms with Crippen LogP contribution in [-0.2, 0) is 6.54 Å². The van der Waals surface area contributed by atoms with E-state index in [1.807, 2.05) is 48.9 Å². The van der Waals surface area contributed by atoms with Crippen LogP contribution in [0.1, 0.15) is 23.9 Å². The van der Waals surface area contributed by atoms with Crippen LogP contribution >= 0.6 is 0 Å². The molecule has 2 aromatic carbocycles. The summed E-state index contributed by atoms with van der Waals surface area (Å²) in [7, 11) is 3.24. The first-order valence-corrected chi connectivity index (χ1v) is 9.94. The zero-order valence-electron chi connectivity index (χ0n) is 18.2. The van der Waals surface area contributed by atoms with E-state index in [1.54, 1.807) is 14.2 Å². The molecule has 0 bridgehead atoms. The van der Waals surface area contributed by atoms with Crippen LogP contribution in [0, 0.1) is 13.8 Å². The minimum Gasteiger partial charge on any atom is -0.493 e. The molecule has 1 aromatic heterocycles. The average Bonchev–Trinajstić information content (AvgIpc) is 3.10. The Labute approximate surface area is 177 Å². The van der Waals surface area contributed by atoms with Gasteiger partial charge in [-0.1, -0.05) is 18.2 Å². The third-order valence-corrected chi connectivity index (χ3v) is 4.63. The third kappa shape index (κ3) is 4.92. The Hall–Kier alpha value is -3.48. The van der Waals surface area contributed by atoms with Crippen LogP contribution in [0.15, 0.2) is 53.5 Å². The number of benzene rings is 2. The first kappa shape index (κ1) is 21.2. The molecular formula is C23H29N5O2. The summed E-state index contributed by atoms with van der Waals surface area (Å²) < 4.78 is 12.7. The Balaban J connectivity index is 1.85. The lowest BCUT2D eigenvalue weighted by Gasteiger charge is -2.14. The smallest absolute Gasteiger partial charge is 0.196 e. The number of aryl methyl sites for hydroxylation is 2. The second-order valence-corrected chi connectivity index (χ2v) is 6.86. The molecule has 2 N–H and O–H groups in total. The van der Waals surface area contributed by atoms with Crippen molar-refractivity contribution < 1.29 is 9.47 Å². The minimum absolute atomic E-state index is 0.511. The molecule has 158 valence electrons. The molecule has 3 rings (SSSR count). The van der Waals surface area contributed by atoms with Crippen molar-refractivity contribution in [1.29, 1.82) is 0 Å². The summed E-state index contributed by atoms with van der Waals surface area (Å²) in [6, 6.07) is 15.9. The maximum atomic E-state index is 5.39. The van der Waals surface area contributed by atoms with E-state index in [1.165, 1.54) is 0 Å². The van der Waals surface area contributed by atoms with Gasteiger partial charge in [0.2, 0.25) is 0 Å². The number of rotatable bonds is 7. The summed E-state index contributed by atoms with van der Waals surface area (Å²) in [6.07, 6.45) is 0. The summed E-state index contributed by atoms with van der Waals surface area (Å²) in [4.78, 5) is 4.78. The molecule has 0 fully saturated rings. The van der Waals surface area contributed by atoms with Crippen molar-refractivity contribution in [2.45, 2.75) is 27.3 Å². The van der Waals surface area contributed by atoms with Gasteiger partial charge in [0.25, 0.3) is 0 Å². The fraction of sp³-hybridized carbons (Fsp3) is 0.304. The van der Waals surface area contributed by atoms with Crippen molar-refractivity contribution in [2.75, 3.05) is 26.1 Å². The highest BCUT2D eigenvalue weighted by Gasteiger charge is 2.10. The van der Waals surface area contributed by atoms with Gasteiger partial charge < -0.3 is 20.1 Å². The molecule has 0 atom stereocenters. The molecule has 0 saturated carbocycles. The Bertz CT molecular complexity index is 1030. The summed E-state index contributed by atoms with van der Waals surface area (Å²) >= 11 is 0. The van der Waals surface area contributed by atoms with E-state index in [4.69, 9.17) is 14.5 Å². The number of aliphatic imine (C=N–C) groups is 1. The van der Waals surface area contributed by atoms with Gasteiger partial charge in [-0.15, -0.1) is 0 Å². The number of ether oxygens (including phenoxy) is 2. The van der Waals surface area contributed by atoms with E-state index < -0.39 is 0 Å². The highest BCUT2D eigenvalue weighted by molar-refractivity contribution is 5.94. The lowest BCUT2D eigenvalue weighted by molar-refractivity contribution is 0.355. The van der Waals surface area contributed by atoms with Crippen LogP contribution in [0.4, 0.5) is 5.69 Å². The molecule has 0 amide bonds. The van der Waals surface area contributed by atoms with Crippen molar-refractivity contribution in [3.63, 3.8) is 0 Å². The lowest BCUT2D eigenvalue weighted by Crippen LogP contribution is -2.30. The maximum absolute atomic E-state index is 5.39. The summed E-state index contributed by atoms with van der Waals surface area (Å²) in [5.41, 5.74) is 5.08. The van der Waals surface area contributed by atoms with Crippen molar-refractivity contribution in [1.82, 2.24) is 15.1 Å². The number of methoxy groups -OCH3 is 2. The monoisotopic (exact) mass is 407 g/mol. The Kier molecular flexibility index (Phi) is 6.95. The van der Waals surface area contributed by atoms with E-state index in [2.05, 4.69) is 40.9 Å². The first-order valence-electron chi connectivity index (χ1n) is 9.94. The largest absolute Gasteiger partial charge is 0.493 e. The van der Waals surface area contributed by atoms with Crippen LogP contribution in [0.2, 0.25) is 0 Å². The molecule has 7 nitrogen and oxygen atoms in total. The molecule has 0 aliphatic carbocycles.